The van der Waals surface area contributed by atoms with Crippen molar-refractivity contribution in [2.24, 2.45) is 0 Å². The van der Waals surface area contributed by atoms with E-state index in [1.807, 2.05) is 0 Å². The Balaban J connectivity index is 1.74. The normalized spacial score (nSPS) is 11.7. The molecule has 0 aliphatic heterocycles. The molecule has 0 N–H and O–H groups in total. The van der Waals surface area contributed by atoms with Crippen molar-refractivity contribution in [1.82, 2.24) is 0 Å². The van der Waals surface area contributed by atoms with E-state index >= 15 is 0 Å². The van der Waals surface area contributed by atoms with Crippen molar-refractivity contribution in [1.29, 1.82) is 0 Å². The topological polar surface area (TPSA) is 9.23 Å². The number of fused-ring (bicyclic) bond motifs is 9. The van der Waals surface area contributed by atoms with Gasteiger partial charge in [-0.3, -0.25) is 0 Å². The lowest BCUT2D eigenvalue weighted by Crippen LogP contribution is -1.95. The molecule has 0 spiro atoms. The fourth-order valence-corrected chi connectivity index (χ4v) is 6.86. The summed E-state index contributed by atoms with van der Waals surface area (Å²) >= 11 is 0. The highest BCUT2D eigenvalue weighted by molar-refractivity contribution is 6.37. The van der Waals surface area contributed by atoms with Crippen molar-refractivity contribution < 1.29 is 4.74 Å². The highest BCUT2D eigenvalue weighted by Crippen LogP contribution is 2.50. The first-order chi connectivity index (χ1) is 20.6. The van der Waals surface area contributed by atoms with Gasteiger partial charge in [0.05, 0.1) is 7.11 Å². The third-order valence-electron chi connectivity index (χ3n) is 8.86. The molecule has 0 saturated heterocycles. The van der Waals surface area contributed by atoms with Gasteiger partial charge in [-0.25, -0.2) is 0 Å². The SMILES string of the molecule is COc1cccc2ccc3c(-c4ccc(C)cc4)c(-c4ccc(C)cc4)c4ccc5ccc6ccccc6c5c4c3c12. The number of ether oxygens (including phenoxy) is 1. The van der Waals surface area contributed by atoms with Gasteiger partial charge in [0.25, 0.3) is 0 Å². The van der Waals surface area contributed by atoms with E-state index in [9.17, 15) is 0 Å². The second-order valence-electron chi connectivity index (χ2n) is 11.4. The van der Waals surface area contributed by atoms with E-state index in [1.54, 1.807) is 7.11 Å². The first-order valence-corrected chi connectivity index (χ1v) is 14.6. The summed E-state index contributed by atoms with van der Waals surface area (Å²) in [6.45, 7) is 4.31. The molecular weight excluding hydrogens is 508 g/mol. The maximum atomic E-state index is 6.07. The van der Waals surface area contributed by atoms with Crippen molar-refractivity contribution in [3.8, 4) is 28.0 Å². The van der Waals surface area contributed by atoms with Crippen LogP contribution < -0.4 is 4.74 Å². The van der Waals surface area contributed by atoms with Crippen LogP contribution in [0.25, 0.3) is 76.1 Å². The van der Waals surface area contributed by atoms with Crippen molar-refractivity contribution >= 4 is 53.9 Å². The minimum absolute atomic E-state index is 0.898. The lowest BCUT2D eigenvalue weighted by molar-refractivity contribution is 0.420. The molecule has 0 radical (unpaired) electrons. The highest BCUT2D eigenvalue weighted by atomic mass is 16.5. The Bertz CT molecular complexity index is 2330. The van der Waals surface area contributed by atoms with Gasteiger partial charge in [0, 0.05) is 10.8 Å². The summed E-state index contributed by atoms with van der Waals surface area (Å²) in [4.78, 5) is 0. The van der Waals surface area contributed by atoms with Gasteiger partial charge in [-0.2, -0.15) is 0 Å². The summed E-state index contributed by atoms with van der Waals surface area (Å²) in [6, 6.07) is 46.9. The molecule has 0 bridgehead atoms. The van der Waals surface area contributed by atoms with Crippen LogP contribution >= 0.6 is 0 Å². The van der Waals surface area contributed by atoms with Crippen LogP contribution in [-0.2, 0) is 0 Å². The zero-order valence-electron chi connectivity index (χ0n) is 24.0. The van der Waals surface area contributed by atoms with Gasteiger partial charge >= 0.3 is 0 Å². The lowest BCUT2D eigenvalue weighted by atomic mass is 9.81. The van der Waals surface area contributed by atoms with Gasteiger partial charge < -0.3 is 4.74 Å². The van der Waals surface area contributed by atoms with E-state index in [2.05, 4.69) is 141 Å². The van der Waals surface area contributed by atoms with E-state index < -0.39 is 0 Å². The van der Waals surface area contributed by atoms with E-state index in [-0.39, 0.29) is 0 Å². The summed E-state index contributed by atoms with van der Waals surface area (Å²) in [6.07, 6.45) is 0. The molecule has 0 amide bonds. The predicted octanol–water partition coefficient (Wildman–Crippen LogP) is 11.4. The van der Waals surface area contributed by atoms with Crippen LogP contribution in [0.5, 0.6) is 5.75 Å². The molecule has 200 valence electrons. The Morgan fingerprint density at radius 3 is 1.50 bits per heavy atom. The van der Waals surface area contributed by atoms with Crippen LogP contribution in [0.4, 0.5) is 0 Å². The molecule has 0 atom stereocenters. The molecule has 0 aliphatic carbocycles. The quantitative estimate of drug-likeness (QED) is 0.203. The van der Waals surface area contributed by atoms with Crippen LogP contribution in [0.3, 0.4) is 0 Å². The average molecular weight is 539 g/mol. The van der Waals surface area contributed by atoms with Gasteiger partial charge in [-0.1, -0.05) is 132 Å². The number of benzene rings is 8. The summed E-state index contributed by atoms with van der Waals surface area (Å²) < 4.78 is 6.07. The van der Waals surface area contributed by atoms with Crippen LogP contribution in [0.15, 0.2) is 127 Å². The summed E-state index contributed by atoms with van der Waals surface area (Å²) in [5.41, 5.74) is 7.48. The third-order valence-corrected chi connectivity index (χ3v) is 8.86. The van der Waals surface area contributed by atoms with Crippen molar-refractivity contribution in [3.05, 3.63) is 139 Å². The Labute approximate surface area is 245 Å². The van der Waals surface area contributed by atoms with Crippen molar-refractivity contribution in [3.63, 3.8) is 0 Å². The number of hydrogen-bond acceptors (Lipinski definition) is 1. The van der Waals surface area contributed by atoms with Gasteiger partial charge in [0.1, 0.15) is 5.75 Å². The average Bonchev–Trinajstić information content (AvgIpc) is 3.04. The van der Waals surface area contributed by atoms with E-state index in [0.29, 0.717) is 0 Å². The Morgan fingerprint density at radius 2 is 0.881 bits per heavy atom. The zero-order chi connectivity index (χ0) is 28.4. The molecule has 1 heteroatoms. The summed E-state index contributed by atoms with van der Waals surface area (Å²) in [7, 11) is 1.78. The van der Waals surface area contributed by atoms with Gasteiger partial charge in [0.15, 0.2) is 0 Å². The second kappa shape index (κ2) is 9.46. The molecule has 0 aromatic heterocycles. The number of hydrogen-bond donors (Lipinski definition) is 0. The molecule has 8 rings (SSSR count). The van der Waals surface area contributed by atoms with E-state index in [4.69, 9.17) is 4.74 Å². The van der Waals surface area contributed by atoms with Crippen LogP contribution in [0, 0.1) is 13.8 Å². The van der Waals surface area contributed by atoms with E-state index in [1.165, 1.54) is 81.9 Å². The molecule has 0 fully saturated rings. The standard InChI is InChI=1S/C41H30O/c1-25-11-15-29(16-12-25)37-33-24-22-31-20-19-27-7-4-5-9-32(27)36(31)40(33)41-34(38(37)30-17-13-26(2)14-18-30)23-21-28-8-6-10-35(42-3)39(28)41/h4-24H,1-3H3. The fraction of sp³-hybridized carbons (Fsp3) is 0.0732. The predicted molar refractivity (Wildman–Crippen MR) is 181 cm³/mol. The number of aryl methyl sites for hydroxylation is 2. The van der Waals surface area contributed by atoms with Crippen LogP contribution in [0.1, 0.15) is 11.1 Å². The molecular formula is C41H30O. The van der Waals surface area contributed by atoms with Gasteiger partial charge in [0.2, 0.25) is 0 Å². The molecule has 0 aliphatic rings. The third kappa shape index (κ3) is 3.63. The molecule has 8 aromatic carbocycles. The molecule has 0 unspecified atom stereocenters. The van der Waals surface area contributed by atoms with Crippen LogP contribution in [0.2, 0.25) is 0 Å². The molecule has 0 saturated carbocycles. The monoisotopic (exact) mass is 538 g/mol. The number of rotatable bonds is 3. The van der Waals surface area contributed by atoms with Crippen molar-refractivity contribution in [2.45, 2.75) is 13.8 Å². The minimum atomic E-state index is 0.898. The van der Waals surface area contributed by atoms with E-state index in [0.717, 1.165) is 11.1 Å². The maximum Gasteiger partial charge on any atom is 0.127 e. The maximum absolute atomic E-state index is 6.07. The molecule has 8 aromatic rings. The smallest absolute Gasteiger partial charge is 0.127 e. The Morgan fingerprint density at radius 1 is 0.381 bits per heavy atom. The largest absolute Gasteiger partial charge is 0.496 e. The molecule has 1 nitrogen and oxygen atoms in total. The zero-order valence-corrected chi connectivity index (χ0v) is 24.0. The summed E-state index contributed by atoms with van der Waals surface area (Å²) in [5.74, 6) is 0.898. The van der Waals surface area contributed by atoms with Gasteiger partial charge in [-0.05, 0) is 85.3 Å². The molecule has 42 heavy (non-hydrogen) atoms. The lowest BCUT2D eigenvalue weighted by Gasteiger charge is -2.22. The molecule has 0 heterocycles. The highest BCUT2D eigenvalue weighted by Gasteiger charge is 2.22. The van der Waals surface area contributed by atoms with Gasteiger partial charge in [-0.15, -0.1) is 0 Å². The summed E-state index contributed by atoms with van der Waals surface area (Å²) in [5, 5.41) is 12.4. The Kier molecular flexibility index (Phi) is 5.55. The Hall–Kier alpha value is -5.14. The minimum Gasteiger partial charge on any atom is -0.496 e. The first-order valence-electron chi connectivity index (χ1n) is 14.6. The second-order valence-corrected chi connectivity index (χ2v) is 11.4. The first kappa shape index (κ1) is 24.6. The van der Waals surface area contributed by atoms with Crippen LogP contribution in [-0.4, -0.2) is 7.11 Å². The van der Waals surface area contributed by atoms with Crippen molar-refractivity contribution in [2.75, 3.05) is 7.11 Å². The number of methoxy groups -OCH3 is 1. The fourth-order valence-electron chi connectivity index (χ4n) is 6.86.